The summed E-state index contributed by atoms with van der Waals surface area (Å²) in [4.78, 5) is 26.9. The maximum absolute atomic E-state index is 12.6. The van der Waals surface area contributed by atoms with Gasteiger partial charge in [0.05, 0.1) is 11.9 Å². The molecule has 0 unspecified atom stereocenters. The summed E-state index contributed by atoms with van der Waals surface area (Å²) in [7, 11) is 0. The molecule has 0 saturated carbocycles. The molecular weight excluding hydrogens is 306 g/mol. The van der Waals surface area contributed by atoms with Gasteiger partial charge in [0.2, 0.25) is 0 Å². The molecule has 2 N–H and O–H groups in total. The fourth-order valence-corrected chi connectivity index (χ4v) is 2.86. The molecule has 0 radical (unpaired) electrons. The minimum absolute atomic E-state index is 0.0762. The number of hydrogen-bond donors (Lipinski definition) is 2. The van der Waals surface area contributed by atoms with E-state index in [9.17, 15) is 14.7 Å². The van der Waals surface area contributed by atoms with Gasteiger partial charge < -0.3 is 10.1 Å². The maximum Gasteiger partial charge on any atom is 0.356 e. The van der Waals surface area contributed by atoms with Crippen LogP contribution in [0.25, 0.3) is 16.8 Å². The first kappa shape index (κ1) is 16.0. The molecule has 3 rings (SSSR count). The van der Waals surface area contributed by atoms with Gasteiger partial charge in [0, 0.05) is 5.56 Å². The van der Waals surface area contributed by atoms with E-state index in [4.69, 9.17) is 0 Å². The summed E-state index contributed by atoms with van der Waals surface area (Å²) in [5.41, 5.74) is 4.06. The Kier molecular flexibility index (Phi) is 3.75. The molecule has 0 fully saturated rings. The van der Waals surface area contributed by atoms with Crippen molar-refractivity contribution >= 4 is 11.5 Å². The van der Waals surface area contributed by atoms with Gasteiger partial charge >= 0.3 is 5.97 Å². The third kappa shape index (κ3) is 2.50. The number of H-pyrrole nitrogens is 1. The Morgan fingerprint density at radius 3 is 2.54 bits per heavy atom. The van der Waals surface area contributed by atoms with Crippen LogP contribution in [0.5, 0.6) is 0 Å². The monoisotopic (exact) mass is 325 g/mol. The van der Waals surface area contributed by atoms with Crippen molar-refractivity contribution in [1.29, 1.82) is 0 Å². The maximum atomic E-state index is 12.6. The highest BCUT2D eigenvalue weighted by molar-refractivity contribution is 5.90. The summed E-state index contributed by atoms with van der Waals surface area (Å²) in [6, 6.07) is 5.89. The number of aromatic amines is 1. The Morgan fingerprint density at radius 2 is 1.96 bits per heavy atom. The number of aromatic nitrogens is 3. The minimum Gasteiger partial charge on any atom is -0.476 e. The largest absolute Gasteiger partial charge is 0.476 e. The van der Waals surface area contributed by atoms with Crippen molar-refractivity contribution in [3.63, 3.8) is 0 Å². The van der Waals surface area contributed by atoms with Gasteiger partial charge in [-0.05, 0) is 42.5 Å². The molecule has 0 atom stereocenters. The van der Waals surface area contributed by atoms with Crippen LogP contribution in [-0.4, -0.2) is 25.7 Å². The lowest BCUT2D eigenvalue weighted by molar-refractivity contribution is 0.0688. The summed E-state index contributed by atoms with van der Waals surface area (Å²) in [6.07, 6.45) is 1.67. The fraction of sp³-hybridized carbons (Fsp3) is 0.278. The molecule has 6 heteroatoms. The van der Waals surface area contributed by atoms with Crippen molar-refractivity contribution in [1.82, 2.24) is 14.6 Å². The van der Waals surface area contributed by atoms with E-state index < -0.39 is 5.97 Å². The summed E-state index contributed by atoms with van der Waals surface area (Å²) < 4.78 is 1.38. The van der Waals surface area contributed by atoms with Crippen molar-refractivity contribution in [2.45, 2.75) is 33.6 Å². The standard InChI is InChI=1S/C18H19N3O3/c1-9(2)14-15(18(23)24)20-21-8-13(19-17(22)16(14)21)12-6-5-10(3)11(4)7-12/h5-9H,1-4H3,(H,19,22)(H,23,24). The Labute approximate surface area is 138 Å². The van der Waals surface area contributed by atoms with E-state index in [1.807, 2.05) is 45.9 Å². The molecule has 2 aromatic heterocycles. The molecule has 0 saturated heterocycles. The summed E-state index contributed by atoms with van der Waals surface area (Å²) in [5.74, 6) is -1.25. The van der Waals surface area contributed by atoms with Crippen LogP contribution in [0, 0.1) is 13.8 Å². The Morgan fingerprint density at radius 1 is 1.25 bits per heavy atom. The second kappa shape index (κ2) is 5.63. The summed E-state index contributed by atoms with van der Waals surface area (Å²) in [5, 5.41) is 13.5. The molecule has 1 aromatic carbocycles. The number of rotatable bonds is 3. The highest BCUT2D eigenvalue weighted by Crippen LogP contribution is 2.25. The van der Waals surface area contributed by atoms with Crippen LogP contribution < -0.4 is 5.56 Å². The van der Waals surface area contributed by atoms with Crippen LogP contribution in [-0.2, 0) is 0 Å². The van der Waals surface area contributed by atoms with E-state index in [1.54, 1.807) is 6.20 Å². The first-order valence-corrected chi connectivity index (χ1v) is 7.76. The molecule has 0 spiro atoms. The van der Waals surface area contributed by atoms with Crippen molar-refractivity contribution in [3.8, 4) is 11.3 Å². The predicted molar refractivity (Wildman–Crippen MR) is 91.8 cm³/mol. The molecule has 124 valence electrons. The lowest BCUT2D eigenvalue weighted by Gasteiger charge is -2.07. The normalized spacial score (nSPS) is 11.4. The predicted octanol–water partition coefficient (Wildman–Crippen LogP) is 3.13. The number of aryl methyl sites for hydroxylation is 2. The molecule has 0 aliphatic carbocycles. The van der Waals surface area contributed by atoms with E-state index in [1.165, 1.54) is 4.52 Å². The lowest BCUT2D eigenvalue weighted by Crippen LogP contribution is -2.13. The van der Waals surface area contributed by atoms with E-state index >= 15 is 0 Å². The molecule has 0 aliphatic heterocycles. The molecule has 0 amide bonds. The number of carboxylic acids is 1. The SMILES string of the molecule is Cc1ccc(-c2cn3nc(C(=O)O)c(C(C)C)c3c(=O)[nH]2)cc1C. The van der Waals surface area contributed by atoms with E-state index in [0.717, 1.165) is 16.7 Å². The Bertz CT molecular complexity index is 1010. The zero-order valence-corrected chi connectivity index (χ0v) is 14.0. The van der Waals surface area contributed by atoms with Crippen LogP contribution in [0.1, 0.15) is 46.9 Å². The molecule has 6 nitrogen and oxygen atoms in total. The van der Waals surface area contributed by atoms with Crippen molar-refractivity contribution in [2.75, 3.05) is 0 Å². The van der Waals surface area contributed by atoms with Gasteiger partial charge in [-0.1, -0.05) is 26.0 Å². The fourth-order valence-electron chi connectivity index (χ4n) is 2.86. The van der Waals surface area contributed by atoms with Crippen LogP contribution in [0.3, 0.4) is 0 Å². The van der Waals surface area contributed by atoms with E-state index in [-0.39, 0.29) is 22.7 Å². The van der Waals surface area contributed by atoms with Crippen LogP contribution in [0.4, 0.5) is 0 Å². The number of carbonyl (C=O) groups is 1. The van der Waals surface area contributed by atoms with Gasteiger partial charge in [-0.3, -0.25) is 4.79 Å². The second-order valence-corrected chi connectivity index (χ2v) is 6.31. The first-order chi connectivity index (χ1) is 11.3. The number of nitrogens with one attached hydrogen (secondary N) is 1. The van der Waals surface area contributed by atoms with Crippen LogP contribution in [0.15, 0.2) is 29.2 Å². The second-order valence-electron chi connectivity index (χ2n) is 6.31. The zero-order valence-electron chi connectivity index (χ0n) is 14.0. The van der Waals surface area contributed by atoms with E-state index in [2.05, 4.69) is 10.1 Å². The van der Waals surface area contributed by atoms with Gasteiger partial charge in [-0.15, -0.1) is 0 Å². The first-order valence-electron chi connectivity index (χ1n) is 7.76. The Balaban J connectivity index is 2.30. The number of fused-ring (bicyclic) bond motifs is 1. The highest BCUT2D eigenvalue weighted by Gasteiger charge is 2.23. The van der Waals surface area contributed by atoms with Gasteiger partial charge in [0.25, 0.3) is 5.56 Å². The Hall–Kier alpha value is -2.89. The smallest absolute Gasteiger partial charge is 0.356 e. The third-order valence-electron chi connectivity index (χ3n) is 4.26. The molecule has 3 aromatic rings. The van der Waals surface area contributed by atoms with E-state index in [0.29, 0.717) is 11.3 Å². The van der Waals surface area contributed by atoms with Crippen LogP contribution >= 0.6 is 0 Å². The zero-order chi connectivity index (χ0) is 17.6. The van der Waals surface area contributed by atoms with Gasteiger partial charge in [-0.25, -0.2) is 9.31 Å². The molecular formula is C18H19N3O3. The van der Waals surface area contributed by atoms with Crippen molar-refractivity contribution < 1.29 is 9.90 Å². The average molecular weight is 325 g/mol. The minimum atomic E-state index is -1.13. The van der Waals surface area contributed by atoms with Crippen molar-refractivity contribution in [2.24, 2.45) is 0 Å². The topological polar surface area (TPSA) is 87.5 Å². The van der Waals surface area contributed by atoms with Crippen LogP contribution in [0.2, 0.25) is 0 Å². The quantitative estimate of drug-likeness (QED) is 0.774. The van der Waals surface area contributed by atoms with Gasteiger partial charge in [0.1, 0.15) is 5.52 Å². The van der Waals surface area contributed by atoms with Gasteiger partial charge in [-0.2, -0.15) is 5.10 Å². The molecule has 2 heterocycles. The van der Waals surface area contributed by atoms with Gasteiger partial charge in [0.15, 0.2) is 5.69 Å². The summed E-state index contributed by atoms with van der Waals surface area (Å²) >= 11 is 0. The number of nitrogens with zero attached hydrogens (tertiary/aromatic N) is 2. The number of benzene rings is 1. The molecule has 0 bridgehead atoms. The molecule has 24 heavy (non-hydrogen) atoms. The number of carboxylic acid groups (broad SMARTS) is 1. The number of hydrogen-bond acceptors (Lipinski definition) is 3. The highest BCUT2D eigenvalue weighted by atomic mass is 16.4. The van der Waals surface area contributed by atoms with Crippen molar-refractivity contribution in [3.05, 3.63) is 57.1 Å². The number of aromatic carboxylic acids is 1. The molecule has 0 aliphatic rings. The third-order valence-corrected chi connectivity index (χ3v) is 4.26. The average Bonchev–Trinajstić information content (AvgIpc) is 2.90. The summed E-state index contributed by atoms with van der Waals surface area (Å²) in [6.45, 7) is 7.72. The lowest BCUT2D eigenvalue weighted by atomic mass is 10.0.